The number of benzene rings is 1. The predicted molar refractivity (Wildman–Crippen MR) is 299 cm³/mol. The van der Waals surface area contributed by atoms with Crippen molar-refractivity contribution in [1.29, 1.82) is 0 Å². The molecule has 84 heavy (non-hydrogen) atoms. The Morgan fingerprint density at radius 1 is 0.857 bits per heavy atom. The van der Waals surface area contributed by atoms with Crippen LogP contribution in [0.3, 0.4) is 0 Å². The van der Waals surface area contributed by atoms with Gasteiger partial charge in [-0.15, -0.1) is 0 Å². The maximum absolute atomic E-state index is 15.7. The first-order chi connectivity index (χ1) is 39.8. The van der Waals surface area contributed by atoms with E-state index < -0.39 is 121 Å². The minimum Gasteiger partial charge on any atom is -0.458 e. The first-order valence-electron chi connectivity index (χ1n) is 28.8. The van der Waals surface area contributed by atoms with Crippen LogP contribution in [-0.4, -0.2) is 168 Å². The Balaban J connectivity index is 1.00. The van der Waals surface area contributed by atoms with Crippen molar-refractivity contribution >= 4 is 58.2 Å². The van der Waals surface area contributed by atoms with E-state index in [1.807, 2.05) is 6.92 Å². The number of amides is 7. The van der Waals surface area contributed by atoms with Crippen LogP contribution >= 0.6 is 0 Å². The van der Waals surface area contributed by atoms with Gasteiger partial charge < -0.3 is 71.3 Å². The topological polar surface area (TPSA) is 375 Å². The van der Waals surface area contributed by atoms with Crippen LogP contribution in [0.15, 0.2) is 16.9 Å². The van der Waals surface area contributed by atoms with Crippen molar-refractivity contribution in [3.63, 3.8) is 0 Å². The summed E-state index contributed by atoms with van der Waals surface area (Å²) in [6.45, 7) is 10.3. The number of halogens is 1. The third kappa shape index (κ3) is 15.2. The Labute approximate surface area is 485 Å². The molecule has 3 aliphatic rings. The quantitative estimate of drug-likeness (QED) is 0.0136. The lowest BCUT2D eigenvalue weighted by molar-refractivity contribution is -0.172. The molecule has 0 radical (unpaired) electrons. The third-order valence-electron chi connectivity index (χ3n) is 16.0. The SMILES string of the molecule is CCc1c2c(nc3cc(F)c(C)c(CCCCOCNC(=O)[C@H](C)NC(=O)[C@@H](NC(=O)[C@H](CCC(=O)NC[C@H](O)[C@@H](O)[C@H](O)[C@H](O)CO)NC(=O)CCCCCN4C(=O)CC(C)C4=O)C(C)C)c13)-c1cc3c(c(=O)n1C2)COC(=O)[C@]3(O)CC. The predicted octanol–water partition coefficient (Wildman–Crippen LogP) is -0.0795. The smallest absolute Gasteiger partial charge is 0.343 e. The number of unbranched alkanes of at least 4 members (excludes halogenated alkanes) is 3. The summed E-state index contributed by atoms with van der Waals surface area (Å²) in [5.41, 5.74) is 2.21. The van der Waals surface area contributed by atoms with Gasteiger partial charge in [-0.1, -0.05) is 41.0 Å². The van der Waals surface area contributed by atoms with Crippen molar-refractivity contribution in [3.8, 4) is 11.4 Å². The summed E-state index contributed by atoms with van der Waals surface area (Å²) in [5, 5.41) is 73.8. The van der Waals surface area contributed by atoms with Gasteiger partial charge in [0.25, 0.3) is 5.56 Å². The van der Waals surface area contributed by atoms with Gasteiger partial charge in [0.05, 0.1) is 41.7 Å². The van der Waals surface area contributed by atoms with Gasteiger partial charge in [0, 0.05) is 67.5 Å². The molecule has 0 saturated carbocycles. The molecule has 0 aliphatic carbocycles. The van der Waals surface area contributed by atoms with E-state index in [1.165, 1.54) is 17.9 Å². The highest BCUT2D eigenvalue weighted by molar-refractivity contribution is 6.03. The fourth-order valence-corrected chi connectivity index (χ4v) is 10.8. The summed E-state index contributed by atoms with van der Waals surface area (Å²) in [6, 6.07) is -0.737. The van der Waals surface area contributed by atoms with Gasteiger partial charge in [0.2, 0.25) is 41.4 Å². The number of nitrogens with zero attached hydrogens (tertiary/aromatic N) is 3. The van der Waals surface area contributed by atoms with Crippen molar-refractivity contribution in [2.24, 2.45) is 11.8 Å². The first kappa shape index (κ1) is 66.3. The van der Waals surface area contributed by atoms with Crippen LogP contribution in [0.25, 0.3) is 22.3 Å². The number of fused-ring (bicyclic) bond motifs is 5. The number of aryl methyl sites for hydroxylation is 2. The maximum atomic E-state index is 15.7. The molecular formula is C58H81FN8O17. The number of pyridine rings is 2. The number of aliphatic hydroxyl groups excluding tert-OH is 5. The van der Waals surface area contributed by atoms with Gasteiger partial charge in [0.1, 0.15) is 55.6 Å². The number of hydrogen-bond donors (Lipinski definition) is 11. The van der Waals surface area contributed by atoms with Crippen LogP contribution in [0.1, 0.15) is 139 Å². The van der Waals surface area contributed by atoms with Crippen LogP contribution in [0.4, 0.5) is 4.39 Å². The maximum Gasteiger partial charge on any atom is 0.343 e. The third-order valence-corrected chi connectivity index (χ3v) is 16.0. The van der Waals surface area contributed by atoms with E-state index in [2.05, 4.69) is 26.6 Å². The second kappa shape index (κ2) is 29.3. The molecule has 1 saturated heterocycles. The molecule has 1 fully saturated rings. The summed E-state index contributed by atoms with van der Waals surface area (Å²) in [5.74, 6) is -6.25. The van der Waals surface area contributed by atoms with E-state index in [9.17, 15) is 68.7 Å². The lowest BCUT2D eigenvalue weighted by Crippen LogP contribution is -2.58. The van der Waals surface area contributed by atoms with Gasteiger partial charge in [-0.05, 0) is 93.9 Å². The molecule has 25 nitrogen and oxygen atoms in total. The molecule has 3 aliphatic heterocycles. The van der Waals surface area contributed by atoms with Crippen molar-refractivity contribution in [2.45, 2.75) is 187 Å². The standard InChI is InChI=1S/C58H81FN8O17/c1-8-33-35-25-67-41(22-37-36(56(67)80)27-84-57(81)58(37,82)9-2)49(35)64-40-23-38(59)31(6)34(47(33)40)15-12-14-20-83-28-61-52(76)32(7)62-54(78)48(29(3)4)65-53(77)39(17-18-44(71)60-24-42(69)50(74)51(75)43(70)26-68)63-45(72)16-11-10-13-19-66-46(73)21-30(5)55(66)79/h22-23,29-30,32,39,42-43,48,50-51,68-70,74-75,82H,8-21,24-28H2,1-7H3,(H,60,71)(H,61,76)(H,62,78)(H,63,72)(H,65,77)/t30?,32-,39-,42-,43+,48-,50+,51+,58-/m0/s1. The van der Waals surface area contributed by atoms with Crippen LogP contribution < -0.4 is 32.1 Å². The normalized spacial score (nSPS) is 18.9. The number of cyclic esters (lactones) is 1. The number of carbonyl (C=O) groups excluding carboxylic acids is 8. The number of nitrogens with one attached hydrogen (secondary N) is 5. The van der Waals surface area contributed by atoms with E-state index in [0.717, 1.165) is 22.1 Å². The summed E-state index contributed by atoms with van der Waals surface area (Å²) >= 11 is 0. The Hall–Kier alpha value is -6.81. The van der Waals surface area contributed by atoms with Crippen LogP contribution in [0.5, 0.6) is 0 Å². The Bertz CT molecular complexity index is 3030. The minimum atomic E-state index is -2.00. The molecule has 0 spiro atoms. The van der Waals surface area contributed by atoms with Crippen LogP contribution in [0.2, 0.25) is 0 Å². The number of rotatable bonds is 31. The van der Waals surface area contributed by atoms with Crippen molar-refractivity contribution in [3.05, 3.63) is 61.7 Å². The van der Waals surface area contributed by atoms with Crippen LogP contribution in [-0.2, 0) is 79.4 Å². The fraction of sp³-hybridized carbons (Fsp3) is 0.621. The molecule has 11 N–H and O–H groups in total. The number of likely N-dealkylation sites (tertiary alicyclic amines) is 1. The fourth-order valence-electron chi connectivity index (χ4n) is 10.8. The highest BCUT2D eigenvalue weighted by atomic mass is 19.1. The summed E-state index contributed by atoms with van der Waals surface area (Å²) in [7, 11) is 0. The average Bonchev–Trinajstić information content (AvgIpc) is 1.54. The number of ether oxygens (including phenoxy) is 2. The highest BCUT2D eigenvalue weighted by Crippen LogP contribution is 2.42. The van der Waals surface area contributed by atoms with Crippen LogP contribution in [0, 0.1) is 24.6 Å². The number of carbonyl (C=O) groups is 8. The van der Waals surface area contributed by atoms with E-state index >= 15 is 4.39 Å². The molecule has 1 aromatic carbocycles. The molecule has 6 rings (SSSR count). The molecule has 9 atom stereocenters. The first-order valence-corrected chi connectivity index (χ1v) is 28.8. The zero-order valence-electron chi connectivity index (χ0n) is 48.7. The molecule has 0 bridgehead atoms. The largest absolute Gasteiger partial charge is 0.458 e. The van der Waals surface area contributed by atoms with Gasteiger partial charge in [-0.2, -0.15) is 0 Å². The van der Waals surface area contributed by atoms with Gasteiger partial charge in [0.15, 0.2) is 5.60 Å². The second-order valence-electron chi connectivity index (χ2n) is 22.3. The molecule has 462 valence electrons. The van der Waals surface area contributed by atoms with Gasteiger partial charge >= 0.3 is 5.97 Å². The van der Waals surface area contributed by atoms with Crippen molar-refractivity contribution < 1.29 is 82.9 Å². The minimum absolute atomic E-state index is 0.00943. The Morgan fingerprint density at radius 2 is 1.57 bits per heavy atom. The van der Waals surface area contributed by atoms with E-state index in [4.69, 9.17) is 19.6 Å². The van der Waals surface area contributed by atoms with Gasteiger partial charge in [-0.25, -0.2) is 14.2 Å². The molecule has 1 unspecified atom stereocenters. The summed E-state index contributed by atoms with van der Waals surface area (Å²) < 4.78 is 28.2. The lowest BCUT2D eigenvalue weighted by Gasteiger charge is -2.31. The average molecular weight is 1180 g/mol. The zero-order valence-corrected chi connectivity index (χ0v) is 48.7. The number of imide groups is 1. The van der Waals surface area contributed by atoms with E-state index in [1.54, 1.807) is 45.3 Å². The van der Waals surface area contributed by atoms with E-state index in [-0.39, 0.29) is 87.6 Å². The Morgan fingerprint density at radius 3 is 2.23 bits per heavy atom. The molecule has 2 aromatic heterocycles. The molecular weight excluding hydrogens is 1100 g/mol. The summed E-state index contributed by atoms with van der Waals surface area (Å²) in [4.78, 5) is 124. The number of esters is 1. The molecule has 7 amide bonds. The molecule has 5 heterocycles. The zero-order chi connectivity index (χ0) is 61.9. The Kier molecular flexibility index (Phi) is 23.2. The monoisotopic (exact) mass is 1180 g/mol. The van der Waals surface area contributed by atoms with Gasteiger partial charge in [-0.3, -0.25) is 43.3 Å². The number of aromatic nitrogens is 2. The lowest BCUT2D eigenvalue weighted by atomic mass is 9.86. The number of hydrogen-bond acceptors (Lipinski definition) is 18. The molecule has 26 heteroatoms. The number of aliphatic hydroxyl groups is 6. The second-order valence-corrected chi connectivity index (χ2v) is 22.3. The summed E-state index contributed by atoms with van der Waals surface area (Å²) in [6.07, 6.45) is -4.81. The molecule has 3 aromatic rings. The van der Waals surface area contributed by atoms with Crippen molar-refractivity contribution in [2.75, 3.05) is 33.0 Å². The highest BCUT2D eigenvalue weighted by Gasteiger charge is 2.46. The van der Waals surface area contributed by atoms with E-state index in [0.29, 0.717) is 67.4 Å². The van der Waals surface area contributed by atoms with Crippen molar-refractivity contribution in [1.82, 2.24) is 41.0 Å².